The Morgan fingerprint density at radius 3 is 2.83 bits per heavy atom. The van der Waals surface area contributed by atoms with Gasteiger partial charge in [0.05, 0.1) is 5.69 Å². The summed E-state index contributed by atoms with van der Waals surface area (Å²) in [7, 11) is 0. The topological polar surface area (TPSA) is 55.6 Å². The highest BCUT2D eigenvalue weighted by Gasteiger charge is 2.24. The number of anilines is 1. The summed E-state index contributed by atoms with van der Waals surface area (Å²) >= 11 is 0. The number of tetrazole rings is 1. The molecule has 94 valence electrons. The smallest absolute Gasteiger partial charge is 0.247 e. The van der Waals surface area contributed by atoms with Gasteiger partial charge in [-0.2, -0.15) is 4.68 Å². The number of hydrogen-bond donors (Lipinski definition) is 1. The normalized spacial score (nSPS) is 16.5. The van der Waals surface area contributed by atoms with E-state index in [2.05, 4.69) is 27.8 Å². The lowest BCUT2D eigenvalue weighted by Gasteiger charge is -2.13. The Bertz CT molecular complexity index is 503. The van der Waals surface area contributed by atoms with Crippen molar-refractivity contribution in [2.45, 2.75) is 32.2 Å². The van der Waals surface area contributed by atoms with E-state index < -0.39 is 0 Å². The van der Waals surface area contributed by atoms with E-state index in [4.69, 9.17) is 0 Å². The Morgan fingerprint density at radius 2 is 2.11 bits per heavy atom. The van der Waals surface area contributed by atoms with E-state index >= 15 is 0 Å². The van der Waals surface area contributed by atoms with Crippen LogP contribution in [-0.2, 0) is 0 Å². The lowest BCUT2D eigenvalue weighted by Crippen LogP contribution is -2.19. The van der Waals surface area contributed by atoms with E-state index in [0.29, 0.717) is 12.0 Å². The van der Waals surface area contributed by atoms with Gasteiger partial charge in [0.25, 0.3) is 0 Å². The fourth-order valence-corrected chi connectivity index (χ4v) is 2.15. The fraction of sp³-hybridized carbons (Fsp3) is 0.462. The third kappa shape index (κ3) is 2.50. The molecule has 1 atom stereocenters. The molecule has 0 spiro atoms. The number of nitrogens with zero attached hydrogens (tertiary/aromatic N) is 4. The Kier molecular flexibility index (Phi) is 2.96. The predicted molar refractivity (Wildman–Crippen MR) is 69.6 cm³/mol. The second kappa shape index (κ2) is 4.76. The predicted octanol–water partition coefficient (Wildman–Crippen LogP) is 2.26. The van der Waals surface area contributed by atoms with Crippen molar-refractivity contribution in [3.63, 3.8) is 0 Å². The molecule has 1 fully saturated rings. The van der Waals surface area contributed by atoms with Crippen LogP contribution in [0.2, 0.25) is 0 Å². The van der Waals surface area contributed by atoms with Gasteiger partial charge in [-0.3, -0.25) is 0 Å². The molecule has 0 saturated heterocycles. The molecule has 1 heterocycles. The first-order chi connectivity index (χ1) is 8.83. The van der Waals surface area contributed by atoms with Crippen LogP contribution in [0.25, 0.3) is 5.69 Å². The highest BCUT2D eigenvalue weighted by atomic mass is 15.6. The summed E-state index contributed by atoms with van der Waals surface area (Å²) in [4.78, 5) is 0. The van der Waals surface area contributed by atoms with Gasteiger partial charge in [0.15, 0.2) is 0 Å². The zero-order valence-electron chi connectivity index (χ0n) is 10.5. The number of benzene rings is 1. The van der Waals surface area contributed by atoms with Gasteiger partial charge in [0, 0.05) is 6.04 Å². The Hall–Kier alpha value is -1.91. The van der Waals surface area contributed by atoms with Crippen LogP contribution in [0.5, 0.6) is 0 Å². The maximum absolute atomic E-state index is 4.05. The first-order valence-corrected chi connectivity index (χ1v) is 6.43. The molecule has 1 unspecified atom stereocenters. The zero-order chi connectivity index (χ0) is 12.4. The summed E-state index contributed by atoms with van der Waals surface area (Å²) in [5.74, 6) is 1.61. The van der Waals surface area contributed by atoms with Gasteiger partial charge in [-0.25, -0.2) is 0 Å². The van der Waals surface area contributed by atoms with Crippen molar-refractivity contribution >= 4 is 5.95 Å². The van der Waals surface area contributed by atoms with Crippen LogP contribution in [0, 0.1) is 5.92 Å². The zero-order valence-corrected chi connectivity index (χ0v) is 10.5. The molecule has 3 rings (SSSR count). The van der Waals surface area contributed by atoms with Crippen molar-refractivity contribution in [2.75, 3.05) is 5.32 Å². The highest BCUT2D eigenvalue weighted by Crippen LogP contribution is 2.33. The largest absolute Gasteiger partial charge is 0.350 e. The van der Waals surface area contributed by atoms with Gasteiger partial charge in [-0.15, -0.1) is 0 Å². The SMILES string of the molecule is CC(CC1CC1)Nc1nnnn1-c1ccccc1. The van der Waals surface area contributed by atoms with Gasteiger partial charge in [0.1, 0.15) is 0 Å². The second-order valence-electron chi connectivity index (χ2n) is 4.97. The Balaban J connectivity index is 1.74. The molecule has 0 amide bonds. The monoisotopic (exact) mass is 243 g/mol. The molecule has 0 radical (unpaired) electrons. The number of rotatable bonds is 5. The molecule has 1 aliphatic rings. The molecule has 1 aliphatic carbocycles. The van der Waals surface area contributed by atoms with Crippen LogP contribution in [-0.4, -0.2) is 26.2 Å². The molecule has 0 bridgehead atoms. The van der Waals surface area contributed by atoms with Crippen LogP contribution < -0.4 is 5.32 Å². The minimum Gasteiger partial charge on any atom is -0.350 e. The molecule has 5 nitrogen and oxygen atoms in total. The molecule has 1 aromatic carbocycles. The van der Waals surface area contributed by atoms with Crippen molar-refractivity contribution in [1.29, 1.82) is 0 Å². The van der Waals surface area contributed by atoms with Crippen molar-refractivity contribution in [3.05, 3.63) is 30.3 Å². The first kappa shape index (κ1) is 11.2. The summed E-state index contributed by atoms with van der Waals surface area (Å²) in [6.45, 7) is 2.18. The Labute approximate surface area is 106 Å². The second-order valence-corrected chi connectivity index (χ2v) is 4.97. The van der Waals surface area contributed by atoms with E-state index in [1.54, 1.807) is 4.68 Å². The molecule has 1 saturated carbocycles. The van der Waals surface area contributed by atoms with Crippen molar-refractivity contribution < 1.29 is 0 Å². The van der Waals surface area contributed by atoms with Gasteiger partial charge in [0.2, 0.25) is 5.95 Å². The van der Waals surface area contributed by atoms with Crippen LogP contribution in [0.15, 0.2) is 30.3 Å². The van der Waals surface area contributed by atoms with Gasteiger partial charge < -0.3 is 5.32 Å². The minimum atomic E-state index is 0.408. The fourth-order valence-electron chi connectivity index (χ4n) is 2.15. The van der Waals surface area contributed by atoms with Gasteiger partial charge >= 0.3 is 0 Å². The van der Waals surface area contributed by atoms with E-state index in [1.807, 2.05) is 30.3 Å². The molecule has 0 aliphatic heterocycles. The molecule has 1 aromatic heterocycles. The first-order valence-electron chi connectivity index (χ1n) is 6.43. The van der Waals surface area contributed by atoms with Gasteiger partial charge in [-0.05, 0) is 41.8 Å². The van der Waals surface area contributed by atoms with E-state index in [9.17, 15) is 0 Å². The summed E-state index contributed by atoms with van der Waals surface area (Å²) in [5.41, 5.74) is 0.976. The van der Waals surface area contributed by atoms with Crippen LogP contribution in [0.1, 0.15) is 26.2 Å². The lowest BCUT2D eigenvalue weighted by atomic mass is 10.2. The molecule has 18 heavy (non-hydrogen) atoms. The third-order valence-electron chi connectivity index (χ3n) is 3.23. The van der Waals surface area contributed by atoms with Gasteiger partial charge in [-0.1, -0.05) is 36.1 Å². The van der Waals surface area contributed by atoms with Crippen LogP contribution in [0.4, 0.5) is 5.95 Å². The minimum absolute atomic E-state index is 0.408. The third-order valence-corrected chi connectivity index (χ3v) is 3.23. The lowest BCUT2D eigenvalue weighted by molar-refractivity contribution is 0.634. The van der Waals surface area contributed by atoms with Crippen molar-refractivity contribution in [3.8, 4) is 5.69 Å². The number of aromatic nitrogens is 4. The summed E-state index contributed by atoms with van der Waals surface area (Å²) in [6.07, 6.45) is 3.94. The van der Waals surface area contributed by atoms with Crippen LogP contribution in [0.3, 0.4) is 0 Å². The summed E-state index contributed by atoms with van der Waals surface area (Å²) < 4.78 is 1.74. The molecular weight excluding hydrogens is 226 g/mol. The van der Waals surface area contributed by atoms with Crippen molar-refractivity contribution in [2.24, 2.45) is 5.92 Å². The quantitative estimate of drug-likeness (QED) is 0.875. The standard InChI is InChI=1S/C13H17N5/c1-10(9-11-7-8-11)14-13-15-16-17-18(13)12-5-3-2-4-6-12/h2-6,10-11H,7-9H2,1H3,(H,14,15,17). The molecule has 2 aromatic rings. The maximum atomic E-state index is 4.05. The molecule has 5 heteroatoms. The average Bonchev–Trinajstić information content (AvgIpc) is 3.07. The van der Waals surface area contributed by atoms with Crippen LogP contribution >= 0.6 is 0 Å². The van der Waals surface area contributed by atoms with E-state index in [-0.39, 0.29) is 0 Å². The molecular formula is C13H17N5. The number of para-hydroxylation sites is 1. The van der Waals surface area contributed by atoms with E-state index in [1.165, 1.54) is 19.3 Å². The summed E-state index contributed by atoms with van der Waals surface area (Å²) in [5, 5.41) is 15.2. The summed E-state index contributed by atoms with van der Waals surface area (Å²) in [6, 6.07) is 10.3. The number of nitrogens with one attached hydrogen (secondary N) is 1. The van der Waals surface area contributed by atoms with E-state index in [0.717, 1.165) is 11.6 Å². The molecule has 1 N–H and O–H groups in total. The maximum Gasteiger partial charge on any atom is 0.247 e. The van der Waals surface area contributed by atoms with Crippen molar-refractivity contribution in [1.82, 2.24) is 20.2 Å². The Morgan fingerprint density at radius 1 is 1.33 bits per heavy atom. The average molecular weight is 243 g/mol. The highest BCUT2D eigenvalue weighted by molar-refractivity contribution is 5.38. The number of hydrogen-bond acceptors (Lipinski definition) is 4.